The van der Waals surface area contributed by atoms with Crippen LogP contribution in [0.25, 0.3) is 11.2 Å². The Balaban J connectivity index is 1.47. The molecule has 2 aromatic heterocycles. The summed E-state index contributed by atoms with van der Waals surface area (Å²) < 4.78 is 8.24. The molecule has 0 bridgehead atoms. The van der Waals surface area contributed by atoms with Gasteiger partial charge in [0.25, 0.3) is 0 Å². The maximum Gasteiger partial charge on any atom is 0.330 e. The summed E-state index contributed by atoms with van der Waals surface area (Å²) in [5, 5.41) is 2.85. The average Bonchev–Trinajstić information content (AvgIpc) is 2.94. The van der Waals surface area contributed by atoms with Crippen molar-refractivity contribution in [1.82, 2.24) is 14.1 Å². The van der Waals surface area contributed by atoms with Crippen LogP contribution < -0.4 is 15.9 Å². The Morgan fingerprint density at radius 1 is 1.19 bits per heavy atom. The minimum Gasteiger partial charge on any atom is -0.378 e. The van der Waals surface area contributed by atoms with E-state index in [2.05, 4.69) is 15.2 Å². The molecule has 1 saturated heterocycles. The summed E-state index contributed by atoms with van der Waals surface area (Å²) in [7, 11) is 1.65. The second kappa shape index (κ2) is 7.24. The molecular formula is C19H21N5O3. The van der Waals surface area contributed by atoms with Gasteiger partial charge in [-0.25, -0.2) is 9.78 Å². The van der Waals surface area contributed by atoms with Gasteiger partial charge in [-0.15, -0.1) is 0 Å². The number of rotatable bonds is 4. The molecule has 1 aliphatic rings. The summed E-state index contributed by atoms with van der Waals surface area (Å²) in [6.07, 6.45) is 1.63. The number of fused-ring (bicyclic) bond motifs is 1. The van der Waals surface area contributed by atoms with Crippen LogP contribution in [-0.4, -0.2) is 46.3 Å². The minimum atomic E-state index is -0.262. The predicted octanol–water partition coefficient (Wildman–Crippen LogP) is 1.21. The van der Waals surface area contributed by atoms with Crippen LogP contribution >= 0.6 is 0 Å². The lowest BCUT2D eigenvalue weighted by molar-refractivity contribution is -0.116. The molecule has 0 atom stereocenters. The van der Waals surface area contributed by atoms with Gasteiger partial charge in [0, 0.05) is 37.7 Å². The molecule has 3 aromatic rings. The van der Waals surface area contributed by atoms with Crippen LogP contribution in [0.15, 0.2) is 47.4 Å². The van der Waals surface area contributed by atoms with E-state index >= 15 is 0 Å². The number of hydrogen-bond acceptors (Lipinski definition) is 5. The number of aryl methyl sites for hydroxylation is 1. The van der Waals surface area contributed by atoms with Gasteiger partial charge in [-0.3, -0.25) is 13.9 Å². The SMILES string of the molecule is Cn1c(=O)n(CC(=O)Nc2ccc(N3CCOCC3)cc2)c2cccnc21. The van der Waals surface area contributed by atoms with Gasteiger partial charge in [-0.05, 0) is 36.4 Å². The Labute approximate surface area is 156 Å². The fourth-order valence-electron chi connectivity index (χ4n) is 3.31. The molecule has 0 unspecified atom stereocenters. The van der Waals surface area contributed by atoms with Crippen LogP contribution in [0.5, 0.6) is 0 Å². The Hall–Kier alpha value is -3.13. The van der Waals surface area contributed by atoms with Gasteiger partial charge in [-0.2, -0.15) is 0 Å². The minimum absolute atomic E-state index is 0.0624. The monoisotopic (exact) mass is 367 g/mol. The molecule has 8 heteroatoms. The highest BCUT2D eigenvalue weighted by Crippen LogP contribution is 2.19. The highest BCUT2D eigenvalue weighted by molar-refractivity contribution is 5.91. The number of benzene rings is 1. The Bertz CT molecular complexity index is 1020. The van der Waals surface area contributed by atoms with Crippen LogP contribution in [0.1, 0.15) is 0 Å². The fraction of sp³-hybridized carbons (Fsp3) is 0.316. The molecule has 140 valence electrons. The number of aromatic nitrogens is 3. The Morgan fingerprint density at radius 3 is 2.67 bits per heavy atom. The van der Waals surface area contributed by atoms with Crippen molar-refractivity contribution in [3.8, 4) is 0 Å². The van der Waals surface area contributed by atoms with Gasteiger partial charge in [0.1, 0.15) is 6.54 Å². The van der Waals surface area contributed by atoms with E-state index in [9.17, 15) is 9.59 Å². The first-order valence-corrected chi connectivity index (χ1v) is 8.86. The largest absolute Gasteiger partial charge is 0.378 e. The van der Waals surface area contributed by atoms with E-state index in [0.717, 1.165) is 32.0 Å². The molecule has 0 spiro atoms. The van der Waals surface area contributed by atoms with Crippen LogP contribution in [0.4, 0.5) is 11.4 Å². The lowest BCUT2D eigenvalue weighted by Gasteiger charge is -2.28. The maximum atomic E-state index is 12.4. The third-order valence-corrected chi connectivity index (χ3v) is 4.72. The first-order chi connectivity index (χ1) is 13.1. The number of imidazole rings is 1. The fourth-order valence-corrected chi connectivity index (χ4v) is 3.31. The van der Waals surface area contributed by atoms with Gasteiger partial charge in [0.15, 0.2) is 5.65 Å². The van der Waals surface area contributed by atoms with Crippen molar-refractivity contribution >= 4 is 28.4 Å². The number of nitrogens with zero attached hydrogens (tertiary/aromatic N) is 4. The number of hydrogen-bond donors (Lipinski definition) is 1. The van der Waals surface area contributed by atoms with Crippen LogP contribution in [0.2, 0.25) is 0 Å². The Kier molecular flexibility index (Phi) is 4.64. The van der Waals surface area contributed by atoms with E-state index in [1.807, 2.05) is 24.3 Å². The lowest BCUT2D eigenvalue weighted by atomic mass is 10.2. The van der Waals surface area contributed by atoms with E-state index in [4.69, 9.17) is 4.74 Å². The topological polar surface area (TPSA) is 81.4 Å². The van der Waals surface area contributed by atoms with E-state index in [1.54, 1.807) is 25.4 Å². The van der Waals surface area contributed by atoms with Crippen molar-refractivity contribution in [3.63, 3.8) is 0 Å². The summed E-state index contributed by atoms with van der Waals surface area (Å²) in [5.41, 5.74) is 2.74. The number of ether oxygens (including phenoxy) is 1. The molecule has 1 amide bonds. The van der Waals surface area contributed by atoms with Gasteiger partial charge >= 0.3 is 5.69 Å². The summed E-state index contributed by atoms with van der Waals surface area (Å²) >= 11 is 0. The quantitative estimate of drug-likeness (QED) is 0.750. The zero-order valence-corrected chi connectivity index (χ0v) is 15.1. The number of morpholine rings is 1. The normalized spacial score (nSPS) is 14.5. The highest BCUT2D eigenvalue weighted by atomic mass is 16.5. The third kappa shape index (κ3) is 3.43. The predicted molar refractivity (Wildman–Crippen MR) is 103 cm³/mol. The van der Waals surface area contributed by atoms with Gasteiger partial charge in [0.05, 0.1) is 18.7 Å². The van der Waals surface area contributed by atoms with Crippen molar-refractivity contribution in [2.24, 2.45) is 7.05 Å². The van der Waals surface area contributed by atoms with Gasteiger partial charge < -0.3 is 15.0 Å². The molecule has 8 nitrogen and oxygen atoms in total. The smallest absolute Gasteiger partial charge is 0.330 e. The first kappa shape index (κ1) is 17.3. The summed E-state index contributed by atoms with van der Waals surface area (Å²) in [4.78, 5) is 31.3. The van der Waals surface area contributed by atoms with E-state index in [-0.39, 0.29) is 18.1 Å². The summed E-state index contributed by atoms with van der Waals surface area (Å²) in [5.74, 6) is -0.257. The molecule has 0 aliphatic carbocycles. The molecule has 1 N–H and O–H groups in total. The van der Waals surface area contributed by atoms with E-state index in [0.29, 0.717) is 16.9 Å². The maximum absolute atomic E-state index is 12.4. The second-order valence-corrected chi connectivity index (χ2v) is 6.47. The molecule has 1 fully saturated rings. The van der Waals surface area contributed by atoms with Crippen molar-refractivity contribution in [2.75, 3.05) is 36.5 Å². The molecular weight excluding hydrogens is 346 g/mol. The average molecular weight is 367 g/mol. The highest BCUT2D eigenvalue weighted by Gasteiger charge is 2.15. The van der Waals surface area contributed by atoms with Gasteiger partial charge in [0.2, 0.25) is 5.91 Å². The number of amides is 1. The summed E-state index contributed by atoms with van der Waals surface area (Å²) in [6, 6.07) is 11.2. The molecule has 4 rings (SSSR count). The molecule has 27 heavy (non-hydrogen) atoms. The second-order valence-electron chi connectivity index (χ2n) is 6.47. The third-order valence-electron chi connectivity index (χ3n) is 4.72. The summed E-state index contributed by atoms with van der Waals surface area (Å²) in [6.45, 7) is 3.13. The van der Waals surface area contributed by atoms with Crippen molar-refractivity contribution < 1.29 is 9.53 Å². The van der Waals surface area contributed by atoms with Crippen molar-refractivity contribution in [1.29, 1.82) is 0 Å². The van der Waals surface area contributed by atoms with Crippen LogP contribution in [0, 0.1) is 0 Å². The Morgan fingerprint density at radius 2 is 1.93 bits per heavy atom. The van der Waals surface area contributed by atoms with E-state index < -0.39 is 0 Å². The lowest BCUT2D eigenvalue weighted by Crippen LogP contribution is -2.36. The molecule has 0 radical (unpaired) electrons. The molecule has 1 aliphatic heterocycles. The van der Waals surface area contributed by atoms with Gasteiger partial charge in [-0.1, -0.05) is 0 Å². The zero-order valence-electron chi connectivity index (χ0n) is 15.1. The standard InChI is InChI=1S/C19H21N5O3/c1-22-18-16(3-2-8-20-18)24(19(22)26)13-17(25)21-14-4-6-15(7-5-14)23-9-11-27-12-10-23/h2-8H,9-13H2,1H3,(H,21,25). The van der Waals surface area contributed by atoms with Crippen molar-refractivity contribution in [3.05, 3.63) is 53.1 Å². The molecule has 3 heterocycles. The molecule has 1 aromatic carbocycles. The first-order valence-electron chi connectivity index (χ1n) is 8.86. The number of pyridine rings is 1. The number of anilines is 2. The van der Waals surface area contributed by atoms with E-state index in [1.165, 1.54) is 9.13 Å². The van der Waals surface area contributed by atoms with Crippen LogP contribution in [0.3, 0.4) is 0 Å². The zero-order chi connectivity index (χ0) is 18.8. The number of carbonyl (C=O) groups is 1. The number of nitrogens with one attached hydrogen (secondary N) is 1. The van der Waals surface area contributed by atoms with Crippen molar-refractivity contribution in [2.45, 2.75) is 6.54 Å². The van der Waals surface area contributed by atoms with Crippen LogP contribution in [-0.2, 0) is 23.1 Å². The molecule has 0 saturated carbocycles. The number of carbonyl (C=O) groups excluding carboxylic acids is 1.